The monoisotopic (exact) mass is 265 g/mol. The molecule has 0 bridgehead atoms. The van der Waals surface area contributed by atoms with E-state index >= 15 is 0 Å². The zero-order valence-corrected chi connectivity index (χ0v) is 13.1. The minimum Gasteiger partial charge on any atom is -0.370 e. The van der Waals surface area contributed by atoms with Crippen LogP contribution < -0.4 is 10.2 Å². The molecular weight excluding hydrogens is 238 g/mol. The number of nitrogens with one attached hydrogen (secondary N) is 1. The van der Waals surface area contributed by atoms with Crippen LogP contribution in [0.2, 0.25) is 0 Å². The minimum absolute atomic E-state index is 0.854. The quantitative estimate of drug-likeness (QED) is 0.814. The van der Waals surface area contributed by atoms with Crippen LogP contribution in [0.1, 0.15) is 25.2 Å². The maximum atomic E-state index is 4.67. The van der Waals surface area contributed by atoms with Gasteiger partial charge in [0.15, 0.2) is 0 Å². The Bertz CT molecular complexity index is 403. The number of aromatic nitrogens is 2. The van der Waals surface area contributed by atoms with Crippen molar-refractivity contribution in [2.75, 3.05) is 51.0 Å². The average Bonchev–Trinajstić information content (AvgIpc) is 2.38. The molecule has 0 atom stereocenters. The molecule has 1 rings (SSSR count). The zero-order chi connectivity index (χ0) is 14.4. The van der Waals surface area contributed by atoms with E-state index in [1.54, 1.807) is 0 Å². The van der Waals surface area contributed by atoms with Gasteiger partial charge in [0.25, 0.3) is 0 Å². The summed E-state index contributed by atoms with van der Waals surface area (Å²) in [5.74, 6) is 2.89. The summed E-state index contributed by atoms with van der Waals surface area (Å²) >= 11 is 0. The summed E-state index contributed by atoms with van der Waals surface area (Å²) in [6.45, 7) is 9.10. The van der Waals surface area contributed by atoms with E-state index in [0.29, 0.717) is 0 Å². The van der Waals surface area contributed by atoms with Crippen molar-refractivity contribution in [2.45, 2.75) is 27.2 Å². The predicted molar refractivity (Wildman–Crippen MR) is 82.1 cm³/mol. The van der Waals surface area contributed by atoms with Crippen LogP contribution in [-0.4, -0.2) is 55.6 Å². The third-order valence-electron chi connectivity index (χ3n) is 3.07. The molecule has 5 heteroatoms. The molecular formula is C14H27N5. The van der Waals surface area contributed by atoms with Crippen LogP contribution in [0.15, 0.2) is 0 Å². The zero-order valence-electron chi connectivity index (χ0n) is 13.1. The van der Waals surface area contributed by atoms with Gasteiger partial charge in [-0.15, -0.1) is 0 Å². The molecule has 19 heavy (non-hydrogen) atoms. The number of hydrogen-bond acceptors (Lipinski definition) is 5. The maximum Gasteiger partial charge on any atom is 0.137 e. The second-order valence-corrected chi connectivity index (χ2v) is 5.05. The summed E-state index contributed by atoms with van der Waals surface area (Å²) in [5, 5.41) is 3.32. The summed E-state index contributed by atoms with van der Waals surface area (Å²) < 4.78 is 0. The van der Waals surface area contributed by atoms with E-state index in [9.17, 15) is 0 Å². The highest BCUT2D eigenvalue weighted by atomic mass is 15.2. The molecule has 0 aromatic carbocycles. The van der Waals surface area contributed by atoms with Crippen LogP contribution in [0.4, 0.5) is 11.6 Å². The predicted octanol–water partition coefficient (Wildman–Crippen LogP) is 1.78. The van der Waals surface area contributed by atoms with E-state index in [1.165, 1.54) is 0 Å². The molecule has 0 saturated heterocycles. The fourth-order valence-corrected chi connectivity index (χ4v) is 1.88. The summed E-state index contributed by atoms with van der Waals surface area (Å²) in [5.41, 5.74) is 1.13. The first-order valence-electron chi connectivity index (χ1n) is 6.96. The molecule has 0 aliphatic rings. The van der Waals surface area contributed by atoms with E-state index in [2.05, 4.69) is 67.0 Å². The molecule has 0 saturated carbocycles. The Morgan fingerprint density at radius 3 is 2.26 bits per heavy atom. The number of hydrogen-bond donors (Lipinski definition) is 1. The van der Waals surface area contributed by atoms with Crippen molar-refractivity contribution in [1.29, 1.82) is 0 Å². The van der Waals surface area contributed by atoms with Gasteiger partial charge in [-0.2, -0.15) is 0 Å². The van der Waals surface area contributed by atoms with E-state index in [-0.39, 0.29) is 0 Å². The van der Waals surface area contributed by atoms with Gasteiger partial charge in [0.2, 0.25) is 0 Å². The molecule has 1 aromatic heterocycles. The molecule has 0 unspecified atom stereocenters. The van der Waals surface area contributed by atoms with Crippen molar-refractivity contribution < 1.29 is 0 Å². The maximum absolute atomic E-state index is 4.67. The van der Waals surface area contributed by atoms with Gasteiger partial charge in [0.1, 0.15) is 17.5 Å². The van der Waals surface area contributed by atoms with E-state index in [4.69, 9.17) is 0 Å². The summed E-state index contributed by atoms with van der Waals surface area (Å²) in [6, 6.07) is 0. The second kappa shape index (κ2) is 7.28. The number of likely N-dealkylation sites (N-methyl/N-ethyl adjacent to an activating group) is 2. The van der Waals surface area contributed by atoms with Crippen molar-refractivity contribution in [3.8, 4) is 0 Å². The smallest absolute Gasteiger partial charge is 0.137 e. The molecule has 1 aromatic rings. The Balaban J connectivity index is 3.00. The van der Waals surface area contributed by atoms with Crippen LogP contribution in [0.25, 0.3) is 0 Å². The van der Waals surface area contributed by atoms with Crippen LogP contribution in [0.3, 0.4) is 0 Å². The highest BCUT2D eigenvalue weighted by Gasteiger charge is 2.13. The van der Waals surface area contributed by atoms with Crippen molar-refractivity contribution in [3.63, 3.8) is 0 Å². The van der Waals surface area contributed by atoms with Crippen LogP contribution in [-0.2, 0) is 6.42 Å². The van der Waals surface area contributed by atoms with Gasteiger partial charge in [0.05, 0.1) is 0 Å². The van der Waals surface area contributed by atoms with Crippen LogP contribution >= 0.6 is 0 Å². The number of rotatable bonds is 7. The number of anilines is 2. The topological polar surface area (TPSA) is 44.3 Å². The average molecular weight is 265 g/mol. The molecule has 0 fully saturated rings. The standard InChI is InChI=1S/C14H27N5/c1-7-12-16-13(15-8-2)11(3)14(17-12)19(6)10-9-18(4)5/h7-10H2,1-6H3,(H,15,16,17). The van der Waals surface area contributed by atoms with Crippen molar-refractivity contribution in [3.05, 3.63) is 11.4 Å². The van der Waals surface area contributed by atoms with E-state index in [0.717, 1.165) is 49.1 Å². The molecule has 0 spiro atoms. The SMILES string of the molecule is CCNc1nc(CC)nc(N(C)CCN(C)C)c1C. The third-order valence-corrected chi connectivity index (χ3v) is 3.07. The largest absolute Gasteiger partial charge is 0.370 e. The lowest BCUT2D eigenvalue weighted by Gasteiger charge is -2.23. The lowest BCUT2D eigenvalue weighted by atomic mass is 10.2. The lowest BCUT2D eigenvalue weighted by molar-refractivity contribution is 0.416. The van der Waals surface area contributed by atoms with Gasteiger partial charge in [-0.25, -0.2) is 9.97 Å². The van der Waals surface area contributed by atoms with Gasteiger partial charge >= 0.3 is 0 Å². The highest BCUT2D eigenvalue weighted by Crippen LogP contribution is 2.22. The molecule has 1 N–H and O–H groups in total. The van der Waals surface area contributed by atoms with Gasteiger partial charge in [-0.05, 0) is 27.9 Å². The molecule has 0 aliphatic carbocycles. The first-order chi connectivity index (χ1) is 8.99. The lowest BCUT2D eigenvalue weighted by Crippen LogP contribution is -2.30. The third kappa shape index (κ3) is 4.35. The van der Waals surface area contributed by atoms with Crippen molar-refractivity contribution >= 4 is 11.6 Å². The van der Waals surface area contributed by atoms with Crippen molar-refractivity contribution in [1.82, 2.24) is 14.9 Å². The normalized spacial score (nSPS) is 10.9. The molecule has 0 aliphatic heterocycles. The summed E-state index contributed by atoms with van der Waals surface area (Å²) in [7, 11) is 6.26. The number of nitrogens with zero attached hydrogens (tertiary/aromatic N) is 4. The summed E-state index contributed by atoms with van der Waals surface area (Å²) in [6.07, 6.45) is 0.854. The van der Waals surface area contributed by atoms with Crippen LogP contribution in [0, 0.1) is 6.92 Å². The minimum atomic E-state index is 0.854. The fourth-order valence-electron chi connectivity index (χ4n) is 1.88. The van der Waals surface area contributed by atoms with Gasteiger partial charge in [-0.1, -0.05) is 6.92 Å². The molecule has 1 heterocycles. The fraction of sp³-hybridized carbons (Fsp3) is 0.714. The second-order valence-electron chi connectivity index (χ2n) is 5.05. The first kappa shape index (κ1) is 15.7. The van der Waals surface area contributed by atoms with E-state index < -0.39 is 0 Å². The Kier molecular flexibility index (Phi) is 6.02. The highest BCUT2D eigenvalue weighted by molar-refractivity contribution is 5.58. The Labute approximate surface area is 117 Å². The Hall–Kier alpha value is -1.36. The Morgan fingerprint density at radius 2 is 1.74 bits per heavy atom. The molecule has 5 nitrogen and oxygen atoms in total. The number of aryl methyl sites for hydroxylation is 1. The van der Waals surface area contributed by atoms with Crippen LogP contribution in [0.5, 0.6) is 0 Å². The van der Waals surface area contributed by atoms with Gasteiger partial charge in [-0.3, -0.25) is 0 Å². The molecule has 0 amide bonds. The first-order valence-corrected chi connectivity index (χ1v) is 6.96. The van der Waals surface area contributed by atoms with Gasteiger partial charge in [0, 0.05) is 38.7 Å². The summed E-state index contributed by atoms with van der Waals surface area (Å²) in [4.78, 5) is 13.6. The van der Waals surface area contributed by atoms with Crippen molar-refractivity contribution in [2.24, 2.45) is 0 Å². The van der Waals surface area contributed by atoms with Gasteiger partial charge < -0.3 is 15.1 Å². The van der Waals surface area contributed by atoms with E-state index in [1.807, 2.05) is 0 Å². The Morgan fingerprint density at radius 1 is 1.05 bits per heavy atom. The molecule has 108 valence electrons. The molecule has 0 radical (unpaired) electrons.